The van der Waals surface area contributed by atoms with Crippen LogP contribution in [-0.2, 0) is 23.6 Å². The van der Waals surface area contributed by atoms with E-state index < -0.39 is 10.0 Å². The lowest BCUT2D eigenvalue weighted by Gasteiger charge is -2.10. The fraction of sp³-hybridized carbons (Fsp3) is 0.333. The summed E-state index contributed by atoms with van der Waals surface area (Å²) in [5.74, 6) is 0.401. The zero-order chi connectivity index (χ0) is 14.9. The summed E-state index contributed by atoms with van der Waals surface area (Å²) in [6, 6.07) is 3.22. The Morgan fingerprint density at radius 2 is 1.95 bits per heavy atom. The molecule has 2 aromatic rings. The van der Waals surface area contributed by atoms with Gasteiger partial charge in [0.1, 0.15) is 11.2 Å². The van der Waals surface area contributed by atoms with Crippen molar-refractivity contribution in [3.63, 3.8) is 0 Å². The molecule has 0 saturated carbocycles. The summed E-state index contributed by atoms with van der Waals surface area (Å²) in [5, 5.41) is 4.01. The molecule has 1 aromatic carbocycles. The average molecular weight is 295 g/mol. The predicted molar refractivity (Wildman–Crippen MR) is 75.4 cm³/mol. The predicted octanol–water partition coefficient (Wildman–Crippen LogP) is 0.493. The van der Waals surface area contributed by atoms with Crippen LogP contribution in [0.15, 0.2) is 23.4 Å². The van der Waals surface area contributed by atoms with Crippen LogP contribution in [-0.4, -0.2) is 23.2 Å². The number of nitrogens with one attached hydrogen (secondary N) is 1. The molecule has 0 radical (unpaired) electrons. The third kappa shape index (κ3) is 2.97. The molecule has 0 unspecified atom stereocenters. The highest BCUT2D eigenvalue weighted by Gasteiger charge is 2.18. The molecule has 0 amide bonds. The molecule has 2 rings (SSSR count). The molecule has 0 fully saturated rings. The topological polar surface area (TPSA) is 103 Å². The first-order valence-corrected chi connectivity index (χ1v) is 7.49. The minimum atomic E-state index is -3.68. The van der Waals surface area contributed by atoms with E-state index in [-0.39, 0.29) is 17.1 Å². The zero-order valence-electron chi connectivity index (χ0n) is 11.6. The molecule has 20 heavy (non-hydrogen) atoms. The van der Waals surface area contributed by atoms with Crippen molar-refractivity contribution in [1.82, 2.24) is 19.5 Å². The lowest BCUT2D eigenvalue weighted by molar-refractivity contribution is 0.579. The Morgan fingerprint density at radius 1 is 1.30 bits per heavy atom. The summed E-state index contributed by atoms with van der Waals surface area (Å²) in [6.07, 6.45) is 1.51. The van der Waals surface area contributed by atoms with Crippen LogP contribution in [0.4, 0.5) is 5.69 Å². The molecule has 3 N–H and O–H groups in total. The molecule has 0 saturated heterocycles. The first kappa shape index (κ1) is 14.5. The first-order valence-electron chi connectivity index (χ1n) is 6.00. The quantitative estimate of drug-likeness (QED) is 0.799. The van der Waals surface area contributed by atoms with E-state index in [0.29, 0.717) is 5.82 Å². The molecule has 0 bridgehead atoms. The van der Waals surface area contributed by atoms with Crippen molar-refractivity contribution in [3.05, 3.63) is 35.4 Å². The van der Waals surface area contributed by atoms with E-state index in [2.05, 4.69) is 14.8 Å². The highest BCUT2D eigenvalue weighted by Crippen LogP contribution is 2.22. The van der Waals surface area contributed by atoms with E-state index in [0.717, 1.165) is 11.1 Å². The van der Waals surface area contributed by atoms with Gasteiger partial charge < -0.3 is 5.73 Å². The fourth-order valence-corrected chi connectivity index (χ4v) is 2.92. The molecule has 0 aliphatic heterocycles. The number of aromatic nitrogens is 3. The van der Waals surface area contributed by atoms with E-state index >= 15 is 0 Å². The average Bonchev–Trinajstić information content (AvgIpc) is 2.77. The van der Waals surface area contributed by atoms with Crippen LogP contribution in [0.1, 0.15) is 17.0 Å². The van der Waals surface area contributed by atoms with Crippen LogP contribution in [0.25, 0.3) is 0 Å². The van der Waals surface area contributed by atoms with Gasteiger partial charge in [0.2, 0.25) is 10.0 Å². The summed E-state index contributed by atoms with van der Waals surface area (Å²) in [6.45, 7) is 3.75. The number of nitrogens with zero attached hydrogens (tertiary/aromatic N) is 3. The van der Waals surface area contributed by atoms with Crippen LogP contribution < -0.4 is 10.5 Å². The SMILES string of the molecule is Cc1cc(N)c(S(=O)(=O)NCc2ncn(C)n2)cc1C. The van der Waals surface area contributed by atoms with Crippen LogP contribution in [0.5, 0.6) is 0 Å². The van der Waals surface area contributed by atoms with Gasteiger partial charge in [0.15, 0.2) is 5.82 Å². The maximum atomic E-state index is 12.2. The van der Waals surface area contributed by atoms with Gasteiger partial charge in [-0.15, -0.1) is 0 Å². The van der Waals surface area contributed by atoms with Crippen molar-refractivity contribution in [2.24, 2.45) is 7.05 Å². The largest absolute Gasteiger partial charge is 0.398 e. The van der Waals surface area contributed by atoms with Gasteiger partial charge in [0.05, 0.1) is 12.2 Å². The number of benzene rings is 1. The number of nitrogen functional groups attached to an aromatic ring is 1. The second-order valence-corrected chi connectivity index (χ2v) is 6.37. The van der Waals surface area contributed by atoms with Crippen molar-refractivity contribution < 1.29 is 8.42 Å². The van der Waals surface area contributed by atoms with Gasteiger partial charge >= 0.3 is 0 Å². The van der Waals surface area contributed by atoms with Crippen LogP contribution in [0.3, 0.4) is 0 Å². The Hall–Kier alpha value is -1.93. The van der Waals surface area contributed by atoms with Crippen molar-refractivity contribution >= 4 is 15.7 Å². The Balaban J connectivity index is 2.24. The summed E-state index contributed by atoms with van der Waals surface area (Å²) >= 11 is 0. The molecule has 0 aliphatic rings. The molecule has 1 aromatic heterocycles. The summed E-state index contributed by atoms with van der Waals surface area (Å²) in [5.41, 5.74) is 7.85. The third-order valence-electron chi connectivity index (χ3n) is 2.98. The molecule has 7 nitrogen and oxygen atoms in total. The zero-order valence-corrected chi connectivity index (χ0v) is 12.4. The Labute approximate surface area is 117 Å². The Kier molecular flexibility index (Phi) is 3.78. The number of rotatable bonds is 4. The van der Waals surface area contributed by atoms with Crippen molar-refractivity contribution in [3.8, 4) is 0 Å². The molecule has 1 heterocycles. The second kappa shape index (κ2) is 5.22. The monoisotopic (exact) mass is 295 g/mol. The molecular weight excluding hydrogens is 278 g/mol. The van der Waals surface area contributed by atoms with Gasteiger partial charge in [-0.3, -0.25) is 4.68 Å². The molecule has 8 heteroatoms. The van der Waals surface area contributed by atoms with Gasteiger partial charge in [-0.05, 0) is 37.1 Å². The number of hydrogen-bond donors (Lipinski definition) is 2. The van der Waals surface area contributed by atoms with E-state index in [1.165, 1.54) is 11.0 Å². The highest BCUT2D eigenvalue weighted by atomic mass is 32.2. The van der Waals surface area contributed by atoms with Gasteiger partial charge in [0, 0.05) is 7.05 Å². The van der Waals surface area contributed by atoms with E-state index in [1.54, 1.807) is 19.2 Å². The maximum Gasteiger partial charge on any atom is 0.243 e. The summed E-state index contributed by atoms with van der Waals surface area (Å²) in [7, 11) is -1.97. The number of anilines is 1. The summed E-state index contributed by atoms with van der Waals surface area (Å²) < 4.78 is 28.4. The van der Waals surface area contributed by atoms with Crippen LogP contribution in [0.2, 0.25) is 0 Å². The Bertz CT molecular complexity index is 736. The molecule has 0 aliphatic carbocycles. The van der Waals surface area contributed by atoms with Crippen LogP contribution in [0, 0.1) is 13.8 Å². The minimum absolute atomic E-state index is 0.0234. The van der Waals surface area contributed by atoms with E-state index in [9.17, 15) is 8.42 Å². The van der Waals surface area contributed by atoms with Gasteiger partial charge in [0.25, 0.3) is 0 Å². The highest BCUT2D eigenvalue weighted by molar-refractivity contribution is 7.89. The summed E-state index contributed by atoms with van der Waals surface area (Å²) in [4.78, 5) is 4.04. The van der Waals surface area contributed by atoms with E-state index in [4.69, 9.17) is 5.73 Å². The third-order valence-corrected chi connectivity index (χ3v) is 4.44. The normalized spacial score (nSPS) is 11.8. The second-order valence-electron chi connectivity index (χ2n) is 4.63. The van der Waals surface area contributed by atoms with Crippen LogP contribution >= 0.6 is 0 Å². The smallest absolute Gasteiger partial charge is 0.243 e. The first-order chi connectivity index (χ1) is 9.29. The minimum Gasteiger partial charge on any atom is -0.398 e. The molecule has 0 spiro atoms. The lowest BCUT2D eigenvalue weighted by Crippen LogP contribution is -2.25. The molecule has 108 valence electrons. The van der Waals surface area contributed by atoms with E-state index in [1.807, 2.05) is 13.8 Å². The van der Waals surface area contributed by atoms with Crippen molar-refractivity contribution in [2.75, 3.05) is 5.73 Å². The number of nitrogens with two attached hydrogens (primary N) is 1. The standard InChI is InChI=1S/C12H17N5O2S/c1-8-4-10(13)11(5-9(8)2)20(18,19)15-6-12-14-7-17(3)16-12/h4-5,7,15H,6,13H2,1-3H3. The Morgan fingerprint density at radius 3 is 2.55 bits per heavy atom. The number of hydrogen-bond acceptors (Lipinski definition) is 5. The van der Waals surface area contributed by atoms with Gasteiger partial charge in [-0.25, -0.2) is 18.1 Å². The van der Waals surface area contributed by atoms with Gasteiger partial charge in [-0.2, -0.15) is 5.10 Å². The maximum absolute atomic E-state index is 12.2. The van der Waals surface area contributed by atoms with Crippen molar-refractivity contribution in [1.29, 1.82) is 0 Å². The number of sulfonamides is 1. The lowest BCUT2D eigenvalue weighted by atomic mass is 10.1. The fourth-order valence-electron chi connectivity index (χ4n) is 1.75. The molecular formula is C12H17N5O2S. The van der Waals surface area contributed by atoms with Crippen molar-refractivity contribution in [2.45, 2.75) is 25.3 Å². The number of aryl methyl sites for hydroxylation is 3. The molecule has 0 atom stereocenters. The van der Waals surface area contributed by atoms with Gasteiger partial charge in [-0.1, -0.05) is 0 Å².